The molecule has 0 fully saturated rings. The minimum absolute atomic E-state index is 0.484. The monoisotopic (exact) mass is 482 g/mol. The summed E-state index contributed by atoms with van der Waals surface area (Å²) in [7, 11) is 1.65. The Labute approximate surface area is 207 Å². The van der Waals surface area contributed by atoms with E-state index >= 15 is 0 Å². The second kappa shape index (κ2) is 10.8. The molecule has 8 nitrogen and oxygen atoms in total. The first-order valence-corrected chi connectivity index (χ1v) is 11.9. The molecule has 0 saturated heterocycles. The Kier molecular flexibility index (Phi) is 6.95. The lowest BCUT2D eigenvalue weighted by Crippen LogP contribution is -2.01. The predicted octanol–water partition coefficient (Wildman–Crippen LogP) is 5.00. The van der Waals surface area contributed by atoms with Gasteiger partial charge in [-0.15, -0.1) is 10.2 Å². The molecule has 0 radical (unpaired) electrons. The van der Waals surface area contributed by atoms with Gasteiger partial charge in [-0.05, 0) is 48.0 Å². The molecule has 3 heterocycles. The van der Waals surface area contributed by atoms with Crippen LogP contribution in [0.4, 0.5) is 0 Å². The van der Waals surface area contributed by atoms with Crippen LogP contribution >= 0.6 is 11.8 Å². The van der Waals surface area contributed by atoms with Crippen molar-refractivity contribution >= 4 is 11.8 Å². The maximum atomic E-state index is 5.86. The summed E-state index contributed by atoms with van der Waals surface area (Å²) in [5, 5.41) is 9.63. The molecule has 0 aliphatic heterocycles. The number of pyridine rings is 1. The molecule has 0 amide bonds. The molecule has 5 aromatic rings. The number of methoxy groups -OCH3 is 1. The second-order valence-corrected chi connectivity index (χ2v) is 8.46. The van der Waals surface area contributed by atoms with E-state index in [0.717, 1.165) is 39.2 Å². The van der Waals surface area contributed by atoms with E-state index < -0.39 is 0 Å². The van der Waals surface area contributed by atoms with Crippen molar-refractivity contribution in [3.05, 3.63) is 103 Å². The van der Waals surface area contributed by atoms with Crippen LogP contribution in [0.1, 0.15) is 11.1 Å². The molecule has 35 heavy (non-hydrogen) atoms. The third-order valence-electron chi connectivity index (χ3n) is 5.18. The van der Waals surface area contributed by atoms with Crippen molar-refractivity contribution in [2.45, 2.75) is 17.5 Å². The highest BCUT2D eigenvalue weighted by Gasteiger charge is 2.17. The van der Waals surface area contributed by atoms with E-state index in [2.05, 4.69) is 37.3 Å². The number of hydrogen-bond acceptors (Lipinski definition) is 8. The second-order valence-electron chi connectivity index (χ2n) is 7.51. The standard InChI is InChI=1S/C26H22N6O2S/c1-33-22-10-6-21(7-11-22)32-25(24-16-28-13-14-29-24)30-31-26(32)35-18-19-4-8-23(9-5-19)34-17-20-3-2-12-27-15-20/h2-16H,17-18H2,1H3. The van der Waals surface area contributed by atoms with Gasteiger partial charge in [-0.2, -0.15) is 0 Å². The highest BCUT2D eigenvalue weighted by molar-refractivity contribution is 7.98. The molecule has 0 saturated carbocycles. The summed E-state index contributed by atoms with van der Waals surface area (Å²) >= 11 is 1.60. The van der Waals surface area contributed by atoms with Crippen molar-refractivity contribution in [1.82, 2.24) is 29.7 Å². The van der Waals surface area contributed by atoms with Gasteiger partial charge >= 0.3 is 0 Å². The zero-order valence-corrected chi connectivity index (χ0v) is 19.8. The van der Waals surface area contributed by atoms with Gasteiger partial charge in [0.1, 0.15) is 23.8 Å². The number of thioether (sulfide) groups is 1. The van der Waals surface area contributed by atoms with Crippen LogP contribution in [0.3, 0.4) is 0 Å². The van der Waals surface area contributed by atoms with Crippen molar-refractivity contribution in [2.75, 3.05) is 7.11 Å². The summed E-state index contributed by atoms with van der Waals surface area (Å²) in [6, 6.07) is 19.7. The summed E-state index contributed by atoms with van der Waals surface area (Å²) in [6.45, 7) is 0.484. The van der Waals surface area contributed by atoms with Gasteiger partial charge in [0.25, 0.3) is 0 Å². The lowest BCUT2D eigenvalue weighted by molar-refractivity contribution is 0.305. The van der Waals surface area contributed by atoms with Crippen LogP contribution in [0.25, 0.3) is 17.2 Å². The van der Waals surface area contributed by atoms with E-state index in [-0.39, 0.29) is 0 Å². The fourth-order valence-electron chi connectivity index (χ4n) is 3.39. The van der Waals surface area contributed by atoms with Crippen LogP contribution in [-0.4, -0.2) is 36.8 Å². The molecule has 2 aromatic carbocycles. The van der Waals surface area contributed by atoms with Crippen molar-refractivity contribution in [3.63, 3.8) is 0 Å². The van der Waals surface area contributed by atoms with Crippen molar-refractivity contribution in [3.8, 4) is 28.7 Å². The molecular formula is C26H22N6O2S. The molecule has 0 aliphatic rings. The summed E-state index contributed by atoms with van der Waals surface area (Å²) < 4.78 is 13.2. The largest absolute Gasteiger partial charge is 0.497 e. The molecule has 0 N–H and O–H groups in total. The van der Waals surface area contributed by atoms with E-state index in [1.807, 2.05) is 53.1 Å². The van der Waals surface area contributed by atoms with Crippen LogP contribution < -0.4 is 9.47 Å². The Hall–Kier alpha value is -4.24. The van der Waals surface area contributed by atoms with Crippen LogP contribution in [0.15, 0.2) is 96.8 Å². The third kappa shape index (κ3) is 5.47. The average molecular weight is 483 g/mol. The molecule has 174 valence electrons. The van der Waals surface area contributed by atoms with Crippen LogP contribution in [0.2, 0.25) is 0 Å². The van der Waals surface area contributed by atoms with Crippen LogP contribution in [0.5, 0.6) is 11.5 Å². The minimum atomic E-state index is 0.484. The molecular weight excluding hydrogens is 460 g/mol. The van der Waals surface area contributed by atoms with Crippen molar-refractivity contribution in [1.29, 1.82) is 0 Å². The van der Waals surface area contributed by atoms with Crippen LogP contribution in [-0.2, 0) is 12.4 Å². The Bertz CT molecular complexity index is 1360. The fraction of sp³-hybridized carbons (Fsp3) is 0.115. The first-order chi connectivity index (χ1) is 17.3. The number of nitrogens with zero attached hydrogens (tertiary/aromatic N) is 6. The number of benzene rings is 2. The van der Waals surface area contributed by atoms with Crippen molar-refractivity contribution in [2.24, 2.45) is 0 Å². The number of hydrogen-bond donors (Lipinski definition) is 0. The maximum Gasteiger partial charge on any atom is 0.196 e. The number of ether oxygens (including phenoxy) is 2. The molecule has 0 aliphatic carbocycles. The molecule has 5 rings (SSSR count). The summed E-state index contributed by atoms with van der Waals surface area (Å²) in [4.78, 5) is 12.7. The molecule has 0 unspecified atom stereocenters. The molecule has 9 heteroatoms. The van der Waals surface area contributed by atoms with Crippen molar-refractivity contribution < 1.29 is 9.47 Å². The molecule has 0 atom stereocenters. The molecule has 0 spiro atoms. The van der Waals surface area contributed by atoms with Gasteiger partial charge in [-0.3, -0.25) is 14.5 Å². The Morgan fingerprint density at radius 3 is 2.31 bits per heavy atom. The smallest absolute Gasteiger partial charge is 0.196 e. The van der Waals surface area contributed by atoms with Gasteiger partial charge in [0.2, 0.25) is 0 Å². The Morgan fingerprint density at radius 2 is 1.60 bits per heavy atom. The summed E-state index contributed by atoms with van der Waals surface area (Å²) in [5.74, 6) is 2.94. The van der Waals surface area contributed by atoms with E-state index in [1.54, 1.807) is 49.9 Å². The third-order valence-corrected chi connectivity index (χ3v) is 6.18. The first-order valence-electron chi connectivity index (χ1n) is 10.9. The zero-order chi connectivity index (χ0) is 23.9. The van der Waals surface area contributed by atoms with Gasteiger partial charge in [0.15, 0.2) is 11.0 Å². The lowest BCUT2D eigenvalue weighted by Gasteiger charge is -2.11. The zero-order valence-electron chi connectivity index (χ0n) is 19.0. The normalized spacial score (nSPS) is 10.8. The summed E-state index contributed by atoms with van der Waals surface area (Å²) in [5.41, 5.74) is 3.74. The van der Waals surface area contributed by atoms with E-state index in [9.17, 15) is 0 Å². The quantitative estimate of drug-likeness (QED) is 0.271. The van der Waals surface area contributed by atoms with Gasteiger partial charge in [0.05, 0.1) is 19.0 Å². The maximum absolute atomic E-state index is 5.86. The Morgan fingerprint density at radius 1 is 0.800 bits per heavy atom. The SMILES string of the molecule is COc1ccc(-n2c(SCc3ccc(OCc4cccnc4)cc3)nnc2-c2cnccn2)cc1. The van der Waals surface area contributed by atoms with Gasteiger partial charge in [-0.25, -0.2) is 4.98 Å². The first kappa shape index (κ1) is 22.5. The highest BCUT2D eigenvalue weighted by atomic mass is 32.2. The van der Waals surface area contributed by atoms with Gasteiger partial charge < -0.3 is 9.47 Å². The number of rotatable bonds is 9. The van der Waals surface area contributed by atoms with Gasteiger partial charge in [0, 0.05) is 36.1 Å². The van der Waals surface area contributed by atoms with E-state index in [0.29, 0.717) is 18.1 Å². The highest BCUT2D eigenvalue weighted by Crippen LogP contribution is 2.30. The molecule has 0 bridgehead atoms. The lowest BCUT2D eigenvalue weighted by atomic mass is 10.2. The van der Waals surface area contributed by atoms with E-state index in [4.69, 9.17) is 9.47 Å². The fourth-order valence-corrected chi connectivity index (χ4v) is 4.30. The number of aromatic nitrogens is 6. The van der Waals surface area contributed by atoms with Crippen LogP contribution in [0, 0.1) is 0 Å². The van der Waals surface area contributed by atoms with Gasteiger partial charge in [-0.1, -0.05) is 30.0 Å². The molecule has 3 aromatic heterocycles. The Balaban J connectivity index is 1.33. The topological polar surface area (TPSA) is 87.8 Å². The predicted molar refractivity (Wildman–Crippen MR) is 134 cm³/mol. The van der Waals surface area contributed by atoms with E-state index in [1.165, 1.54) is 0 Å². The minimum Gasteiger partial charge on any atom is -0.497 e. The summed E-state index contributed by atoms with van der Waals surface area (Å²) in [6.07, 6.45) is 8.52. The average Bonchev–Trinajstić information content (AvgIpc) is 3.36.